The number of ether oxygens (including phenoxy) is 1. The molecule has 1 aromatic heterocycles. The quantitative estimate of drug-likeness (QED) is 0.638. The second kappa shape index (κ2) is 6.83. The second-order valence-corrected chi connectivity index (χ2v) is 4.52. The molecule has 0 aliphatic rings. The number of pyridine rings is 1. The Hall–Kier alpha value is -2.43. The van der Waals surface area contributed by atoms with Crippen LogP contribution in [0.15, 0.2) is 36.5 Å². The molecule has 1 aromatic carbocycles. The summed E-state index contributed by atoms with van der Waals surface area (Å²) in [5, 5.41) is 2.04. The van der Waals surface area contributed by atoms with E-state index in [0.29, 0.717) is 6.54 Å². The Balaban J connectivity index is 2.25. The van der Waals surface area contributed by atoms with Crippen molar-refractivity contribution in [3.05, 3.63) is 42.2 Å². The molecule has 110 valence electrons. The van der Waals surface area contributed by atoms with E-state index >= 15 is 0 Å². The fourth-order valence-electron chi connectivity index (χ4n) is 2.14. The molecule has 0 atom stereocenters. The van der Waals surface area contributed by atoms with Gasteiger partial charge in [-0.2, -0.15) is 0 Å². The van der Waals surface area contributed by atoms with E-state index in [-0.39, 0.29) is 13.2 Å². The average molecular weight is 286 g/mol. The monoisotopic (exact) mass is 286 g/mol. The SMILES string of the molecule is CCOC(=O)C(=O)N(CC)Cc1nccc2ccccc12. The van der Waals surface area contributed by atoms with E-state index in [2.05, 4.69) is 4.98 Å². The van der Waals surface area contributed by atoms with Crippen LogP contribution in [0.1, 0.15) is 19.5 Å². The molecule has 0 saturated carbocycles. The Bertz CT molecular complexity index is 650. The fraction of sp³-hybridized carbons (Fsp3) is 0.312. The minimum atomic E-state index is -0.820. The Morgan fingerprint density at radius 3 is 2.67 bits per heavy atom. The van der Waals surface area contributed by atoms with Crippen molar-refractivity contribution < 1.29 is 14.3 Å². The van der Waals surface area contributed by atoms with Crippen molar-refractivity contribution in [2.45, 2.75) is 20.4 Å². The van der Waals surface area contributed by atoms with Gasteiger partial charge < -0.3 is 9.64 Å². The third-order valence-electron chi connectivity index (χ3n) is 3.22. The molecule has 21 heavy (non-hydrogen) atoms. The van der Waals surface area contributed by atoms with Crippen LogP contribution in [-0.4, -0.2) is 34.9 Å². The van der Waals surface area contributed by atoms with Gasteiger partial charge in [0.1, 0.15) is 0 Å². The maximum absolute atomic E-state index is 12.0. The van der Waals surface area contributed by atoms with Gasteiger partial charge in [-0.25, -0.2) is 4.79 Å². The molecule has 5 nitrogen and oxygen atoms in total. The van der Waals surface area contributed by atoms with Crippen molar-refractivity contribution in [2.75, 3.05) is 13.2 Å². The van der Waals surface area contributed by atoms with Crippen molar-refractivity contribution in [1.82, 2.24) is 9.88 Å². The molecule has 0 spiro atoms. The third-order valence-corrected chi connectivity index (χ3v) is 3.22. The maximum Gasteiger partial charge on any atom is 0.397 e. The molecule has 2 aromatic rings. The fourth-order valence-corrected chi connectivity index (χ4v) is 2.14. The highest BCUT2D eigenvalue weighted by Gasteiger charge is 2.22. The van der Waals surface area contributed by atoms with Gasteiger partial charge >= 0.3 is 11.9 Å². The summed E-state index contributed by atoms with van der Waals surface area (Å²) in [7, 11) is 0. The summed E-state index contributed by atoms with van der Waals surface area (Å²) in [6.07, 6.45) is 1.71. The van der Waals surface area contributed by atoms with Crippen LogP contribution < -0.4 is 0 Å². The van der Waals surface area contributed by atoms with E-state index < -0.39 is 11.9 Å². The van der Waals surface area contributed by atoms with Crippen LogP contribution in [0.2, 0.25) is 0 Å². The Labute approximate surface area is 123 Å². The highest BCUT2D eigenvalue weighted by atomic mass is 16.5. The van der Waals surface area contributed by atoms with E-state index in [1.807, 2.05) is 37.3 Å². The Kier molecular flexibility index (Phi) is 4.87. The van der Waals surface area contributed by atoms with Crippen LogP contribution in [0, 0.1) is 0 Å². The third kappa shape index (κ3) is 3.37. The molecule has 0 aliphatic carbocycles. The zero-order chi connectivity index (χ0) is 15.2. The number of rotatable bonds is 4. The first-order chi connectivity index (χ1) is 10.2. The predicted molar refractivity (Wildman–Crippen MR) is 79.5 cm³/mol. The van der Waals surface area contributed by atoms with Gasteiger partial charge in [-0.05, 0) is 25.3 Å². The lowest BCUT2D eigenvalue weighted by Gasteiger charge is -2.20. The molecule has 0 fully saturated rings. The minimum Gasteiger partial charge on any atom is -0.459 e. The topological polar surface area (TPSA) is 59.5 Å². The number of aromatic nitrogens is 1. The molecule has 0 unspecified atom stereocenters. The molecule has 2 rings (SSSR count). The summed E-state index contributed by atoms with van der Waals surface area (Å²) in [6, 6.07) is 9.75. The number of amides is 1. The lowest BCUT2D eigenvalue weighted by molar-refractivity contribution is -0.160. The van der Waals surface area contributed by atoms with Crippen LogP contribution in [-0.2, 0) is 20.9 Å². The summed E-state index contributed by atoms with van der Waals surface area (Å²) < 4.78 is 4.76. The van der Waals surface area contributed by atoms with Gasteiger partial charge in [-0.15, -0.1) is 0 Å². The second-order valence-electron chi connectivity index (χ2n) is 4.52. The number of carbonyl (C=O) groups excluding carboxylic acids is 2. The van der Waals surface area contributed by atoms with E-state index in [9.17, 15) is 9.59 Å². The van der Waals surface area contributed by atoms with Gasteiger partial charge in [0, 0.05) is 18.1 Å². The van der Waals surface area contributed by atoms with Crippen LogP contribution in [0.25, 0.3) is 10.8 Å². The first kappa shape index (κ1) is 15.0. The molecule has 5 heteroatoms. The van der Waals surface area contributed by atoms with Crippen molar-refractivity contribution in [1.29, 1.82) is 0 Å². The minimum absolute atomic E-state index is 0.189. The van der Waals surface area contributed by atoms with Crippen molar-refractivity contribution in [3.63, 3.8) is 0 Å². The number of hydrogen-bond acceptors (Lipinski definition) is 4. The zero-order valence-electron chi connectivity index (χ0n) is 12.2. The zero-order valence-corrected chi connectivity index (χ0v) is 12.2. The summed E-state index contributed by atoms with van der Waals surface area (Å²) in [5.74, 6) is -1.45. The van der Waals surface area contributed by atoms with Crippen LogP contribution in [0.5, 0.6) is 0 Å². The average Bonchev–Trinajstić information content (AvgIpc) is 2.52. The highest BCUT2D eigenvalue weighted by Crippen LogP contribution is 2.17. The predicted octanol–water partition coefficient (Wildman–Crippen LogP) is 2.15. The molecular weight excluding hydrogens is 268 g/mol. The number of carbonyl (C=O) groups is 2. The summed E-state index contributed by atoms with van der Waals surface area (Å²) in [5.41, 5.74) is 0.771. The van der Waals surface area contributed by atoms with Gasteiger partial charge in [-0.1, -0.05) is 24.3 Å². The smallest absolute Gasteiger partial charge is 0.397 e. The summed E-state index contributed by atoms with van der Waals surface area (Å²) >= 11 is 0. The number of benzene rings is 1. The molecule has 1 amide bonds. The lowest BCUT2D eigenvalue weighted by atomic mass is 10.1. The number of hydrogen-bond donors (Lipinski definition) is 0. The van der Waals surface area contributed by atoms with E-state index in [1.54, 1.807) is 13.1 Å². The van der Waals surface area contributed by atoms with Gasteiger partial charge in [0.15, 0.2) is 0 Å². The maximum atomic E-state index is 12.0. The van der Waals surface area contributed by atoms with E-state index in [0.717, 1.165) is 16.5 Å². The molecule has 0 N–H and O–H groups in total. The van der Waals surface area contributed by atoms with Crippen LogP contribution in [0.3, 0.4) is 0 Å². The van der Waals surface area contributed by atoms with Crippen molar-refractivity contribution >= 4 is 22.6 Å². The Morgan fingerprint density at radius 2 is 1.95 bits per heavy atom. The number of esters is 1. The standard InChI is InChI=1S/C16H18N2O3/c1-3-18(15(19)16(20)21-4-2)11-14-13-8-6-5-7-12(13)9-10-17-14/h5-10H,3-4,11H2,1-2H3. The van der Waals surface area contributed by atoms with Crippen LogP contribution in [0.4, 0.5) is 0 Å². The van der Waals surface area contributed by atoms with Crippen molar-refractivity contribution in [2.24, 2.45) is 0 Å². The molecule has 1 heterocycles. The van der Waals surface area contributed by atoms with Gasteiger partial charge in [0.25, 0.3) is 0 Å². The van der Waals surface area contributed by atoms with E-state index in [1.165, 1.54) is 4.90 Å². The number of fused-ring (bicyclic) bond motifs is 1. The first-order valence-corrected chi connectivity index (χ1v) is 6.96. The molecule has 0 radical (unpaired) electrons. The first-order valence-electron chi connectivity index (χ1n) is 6.96. The van der Waals surface area contributed by atoms with E-state index in [4.69, 9.17) is 4.74 Å². The highest BCUT2D eigenvalue weighted by molar-refractivity contribution is 6.32. The van der Waals surface area contributed by atoms with Crippen LogP contribution >= 0.6 is 0 Å². The number of nitrogens with zero attached hydrogens (tertiary/aromatic N) is 2. The number of likely N-dealkylation sites (N-methyl/N-ethyl adjacent to an activating group) is 1. The summed E-state index contributed by atoms with van der Waals surface area (Å²) in [6.45, 7) is 4.39. The largest absolute Gasteiger partial charge is 0.459 e. The molecule has 0 saturated heterocycles. The lowest BCUT2D eigenvalue weighted by Crippen LogP contribution is -2.37. The van der Waals surface area contributed by atoms with Gasteiger partial charge in [0.05, 0.1) is 18.8 Å². The Morgan fingerprint density at radius 1 is 1.19 bits per heavy atom. The summed E-state index contributed by atoms with van der Waals surface area (Å²) in [4.78, 5) is 29.4. The normalized spacial score (nSPS) is 10.4. The van der Waals surface area contributed by atoms with Gasteiger partial charge in [0.2, 0.25) is 0 Å². The van der Waals surface area contributed by atoms with Gasteiger partial charge in [-0.3, -0.25) is 9.78 Å². The van der Waals surface area contributed by atoms with Crippen molar-refractivity contribution in [3.8, 4) is 0 Å². The molecule has 0 aliphatic heterocycles. The molecular formula is C16H18N2O3. The molecule has 0 bridgehead atoms.